The third-order valence-electron chi connectivity index (χ3n) is 4.53. The van der Waals surface area contributed by atoms with E-state index in [0.29, 0.717) is 6.04 Å². The average Bonchev–Trinajstić information content (AvgIpc) is 3.17. The molecular formula is C20H21N3O. The molecule has 0 saturated carbocycles. The number of morpholine rings is 1. The van der Waals surface area contributed by atoms with Crippen molar-refractivity contribution in [3.8, 4) is 22.5 Å². The van der Waals surface area contributed by atoms with Gasteiger partial charge in [0.25, 0.3) is 0 Å². The minimum Gasteiger partial charge on any atom is -0.371 e. The van der Waals surface area contributed by atoms with Crippen molar-refractivity contribution in [2.75, 3.05) is 13.2 Å². The quantitative estimate of drug-likeness (QED) is 0.772. The molecule has 2 N–H and O–H groups in total. The van der Waals surface area contributed by atoms with Crippen LogP contribution in [-0.2, 0) is 4.74 Å². The van der Waals surface area contributed by atoms with Gasteiger partial charge in [-0.25, -0.2) is 4.98 Å². The Hall–Kier alpha value is -2.43. The van der Waals surface area contributed by atoms with Crippen molar-refractivity contribution < 1.29 is 4.74 Å². The number of H-pyrrole nitrogens is 1. The molecule has 2 heterocycles. The van der Waals surface area contributed by atoms with Crippen LogP contribution in [0, 0.1) is 0 Å². The van der Waals surface area contributed by atoms with Gasteiger partial charge in [0, 0.05) is 30.5 Å². The second-order valence-corrected chi connectivity index (χ2v) is 6.17. The van der Waals surface area contributed by atoms with Gasteiger partial charge in [-0.3, -0.25) is 0 Å². The highest BCUT2D eigenvalue weighted by Gasteiger charge is 2.23. The monoisotopic (exact) mass is 319 g/mol. The van der Waals surface area contributed by atoms with Crippen LogP contribution in [0.3, 0.4) is 0 Å². The van der Waals surface area contributed by atoms with Gasteiger partial charge in [0.05, 0.1) is 12.7 Å². The second kappa shape index (κ2) is 6.59. The zero-order valence-corrected chi connectivity index (χ0v) is 13.7. The molecule has 0 aliphatic carbocycles. The first kappa shape index (κ1) is 15.1. The molecule has 1 aliphatic rings. The Morgan fingerprint density at radius 3 is 2.62 bits per heavy atom. The molecule has 1 fully saturated rings. The highest BCUT2D eigenvalue weighted by Crippen LogP contribution is 2.28. The number of nitrogens with one attached hydrogen (secondary N) is 2. The van der Waals surface area contributed by atoms with E-state index < -0.39 is 0 Å². The fourth-order valence-electron chi connectivity index (χ4n) is 3.24. The van der Waals surface area contributed by atoms with Gasteiger partial charge in [0.1, 0.15) is 5.82 Å². The highest BCUT2D eigenvalue weighted by atomic mass is 16.5. The predicted molar refractivity (Wildman–Crippen MR) is 95.6 cm³/mol. The average molecular weight is 319 g/mol. The van der Waals surface area contributed by atoms with Gasteiger partial charge >= 0.3 is 0 Å². The van der Waals surface area contributed by atoms with E-state index >= 15 is 0 Å². The molecule has 3 aromatic rings. The van der Waals surface area contributed by atoms with Crippen molar-refractivity contribution >= 4 is 0 Å². The summed E-state index contributed by atoms with van der Waals surface area (Å²) >= 11 is 0. The van der Waals surface area contributed by atoms with E-state index in [0.717, 1.165) is 24.5 Å². The molecule has 4 nitrogen and oxygen atoms in total. The van der Waals surface area contributed by atoms with Crippen molar-refractivity contribution in [1.29, 1.82) is 0 Å². The summed E-state index contributed by atoms with van der Waals surface area (Å²) in [6.07, 6.45) is 3.74. The lowest BCUT2D eigenvalue weighted by molar-refractivity contribution is -0.000215. The molecule has 0 radical (unpaired) electrons. The molecule has 0 amide bonds. The van der Waals surface area contributed by atoms with Crippen LogP contribution in [0.15, 0.2) is 60.9 Å². The Labute approximate surface area is 141 Å². The summed E-state index contributed by atoms with van der Waals surface area (Å²) in [5.74, 6) is 0.893. The molecule has 24 heavy (non-hydrogen) atoms. The molecule has 0 spiro atoms. The Balaban J connectivity index is 1.60. The van der Waals surface area contributed by atoms with Crippen LogP contribution in [0.4, 0.5) is 0 Å². The minimum absolute atomic E-state index is 0.127. The summed E-state index contributed by atoms with van der Waals surface area (Å²) in [6.45, 7) is 3.86. The number of aromatic nitrogens is 2. The zero-order chi connectivity index (χ0) is 16.4. The predicted octanol–water partition coefficient (Wildman–Crippen LogP) is 3.79. The summed E-state index contributed by atoms with van der Waals surface area (Å²) < 4.78 is 5.92. The number of hydrogen-bond acceptors (Lipinski definition) is 3. The molecule has 1 aliphatic heterocycles. The van der Waals surface area contributed by atoms with E-state index in [-0.39, 0.29) is 6.10 Å². The zero-order valence-electron chi connectivity index (χ0n) is 13.7. The molecule has 1 aromatic heterocycles. The van der Waals surface area contributed by atoms with Gasteiger partial charge in [-0.05, 0) is 29.7 Å². The number of imidazole rings is 1. The first-order valence-electron chi connectivity index (χ1n) is 8.36. The normalized spacial score (nSPS) is 20.9. The Bertz CT molecular complexity index is 796. The number of benzene rings is 2. The minimum atomic E-state index is 0.127. The Morgan fingerprint density at radius 2 is 1.88 bits per heavy atom. The molecule has 0 bridgehead atoms. The molecule has 0 unspecified atom stereocenters. The van der Waals surface area contributed by atoms with Gasteiger partial charge in [-0.2, -0.15) is 0 Å². The van der Waals surface area contributed by atoms with E-state index in [9.17, 15) is 0 Å². The summed E-state index contributed by atoms with van der Waals surface area (Å²) in [5, 5.41) is 3.46. The van der Waals surface area contributed by atoms with Crippen molar-refractivity contribution in [3.05, 3.63) is 66.5 Å². The van der Waals surface area contributed by atoms with Crippen LogP contribution in [-0.4, -0.2) is 29.2 Å². The number of hydrogen-bond donors (Lipinski definition) is 2. The molecule has 2 aromatic carbocycles. The van der Waals surface area contributed by atoms with Crippen molar-refractivity contribution in [2.24, 2.45) is 0 Å². The van der Waals surface area contributed by atoms with Gasteiger partial charge < -0.3 is 15.0 Å². The number of nitrogens with zero attached hydrogens (tertiary/aromatic N) is 1. The summed E-state index contributed by atoms with van der Waals surface area (Å²) in [6, 6.07) is 17.4. The molecule has 1 saturated heterocycles. The number of rotatable bonds is 3. The Morgan fingerprint density at radius 1 is 1.04 bits per heavy atom. The smallest absolute Gasteiger partial charge is 0.137 e. The first-order valence-corrected chi connectivity index (χ1v) is 8.36. The van der Waals surface area contributed by atoms with Crippen LogP contribution in [0.25, 0.3) is 22.5 Å². The van der Waals surface area contributed by atoms with Crippen LogP contribution >= 0.6 is 0 Å². The standard InChI is InChI=1S/C20H21N3O/c1-14-19(24-12-11-21-14)16-7-5-15(6-8-16)17-3-2-4-18(13-17)20-22-9-10-23-20/h2-10,13-14,19,21H,11-12H2,1H3,(H,22,23)/t14-,19+/m0/s1. The molecular weight excluding hydrogens is 298 g/mol. The van der Waals surface area contributed by atoms with Crippen molar-refractivity contribution in [3.63, 3.8) is 0 Å². The highest BCUT2D eigenvalue weighted by molar-refractivity contribution is 5.70. The maximum atomic E-state index is 5.92. The van der Waals surface area contributed by atoms with Gasteiger partial charge in [-0.15, -0.1) is 0 Å². The number of ether oxygens (including phenoxy) is 1. The molecule has 4 heteroatoms. The maximum absolute atomic E-state index is 5.92. The lowest BCUT2D eigenvalue weighted by Gasteiger charge is -2.30. The largest absolute Gasteiger partial charge is 0.371 e. The first-order chi connectivity index (χ1) is 11.8. The Kier molecular flexibility index (Phi) is 4.15. The molecule has 2 atom stereocenters. The van der Waals surface area contributed by atoms with E-state index in [1.54, 1.807) is 6.20 Å². The summed E-state index contributed by atoms with van der Waals surface area (Å²) in [5.41, 5.74) is 4.70. The van der Waals surface area contributed by atoms with Crippen LogP contribution < -0.4 is 5.32 Å². The summed E-state index contributed by atoms with van der Waals surface area (Å²) in [7, 11) is 0. The third-order valence-corrected chi connectivity index (χ3v) is 4.53. The van der Waals surface area contributed by atoms with Crippen LogP contribution in [0.5, 0.6) is 0 Å². The maximum Gasteiger partial charge on any atom is 0.137 e. The van der Waals surface area contributed by atoms with E-state index in [1.165, 1.54) is 16.7 Å². The third kappa shape index (κ3) is 2.98. The number of aromatic amines is 1. The lowest BCUT2D eigenvalue weighted by Crippen LogP contribution is -2.41. The summed E-state index contributed by atoms with van der Waals surface area (Å²) in [4.78, 5) is 7.48. The van der Waals surface area contributed by atoms with E-state index in [2.05, 4.69) is 70.7 Å². The SMILES string of the molecule is C[C@@H]1NCCO[C@H]1c1ccc(-c2cccc(-c3ncc[nH]3)c2)cc1. The lowest BCUT2D eigenvalue weighted by atomic mass is 9.97. The van der Waals surface area contributed by atoms with Crippen molar-refractivity contribution in [2.45, 2.75) is 19.1 Å². The van der Waals surface area contributed by atoms with Gasteiger partial charge in [0.2, 0.25) is 0 Å². The van der Waals surface area contributed by atoms with E-state index in [4.69, 9.17) is 4.74 Å². The van der Waals surface area contributed by atoms with Gasteiger partial charge in [-0.1, -0.05) is 42.5 Å². The van der Waals surface area contributed by atoms with Crippen LogP contribution in [0.1, 0.15) is 18.6 Å². The fraction of sp³-hybridized carbons (Fsp3) is 0.250. The topological polar surface area (TPSA) is 49.9 Å². The molecule has 4 rings (SSSR count). The van der Waals surface area contributed by atoms with E-state index in [1.807, 2.05) is 6.20 Å². The fourth-order valence-corrected chi connectivity index (χ4v) is 3.24. The second-order valence-electron chi connectivity index (χ2n) is 6.17. The molecule has 122 valence electrons. The van der Waals surface area contributed by atoms with Crippen molar-refractivity contribution in [1.82, 2.24) is 15.3 Å². The van der Waals surface area contributed by atoms with Crippen LogP contribution in [0.2, 0.25) is 0 Å². The van der Waals surface area contributed by atoms with Gasteiger partial charge in [0.15, 0.2) is 0 Å².